The Labute approximate surface area is 90.7 Å². The minimum atomic E-state index is 0.147. The molecule has 15 heavy (non-hydrogen) atoms. The molecular formula is C13H18O2. The first-order valence-corrected chi connectivity index (χ1v) is 5.41. The van der Waals surface area contributed by atoms with Crippen LogP contribution in [-0.4, -0.2) is 5.78 Å². The summed E-state index contributed by atoms with van der Waals surface area (Å²) in [6.07, 6.45) is 3.78. The van der Waals surface area contributed by atoms with Crippen LogP contribution in [0.2, 0.25) is 0 Å². The lowest BCUT2D eigenvalue weighted by molar-refractivity contribution is -0.120. The van der Waals surface area contributed by atoms with Gasteiger partial charge >= 0.3 is 0 Å². The molecule has 1 aliphatic carbocycles. The molecule has 1 heterocycles. The summed E-state index contributed by atoms with van der Waals surface area (Å²) < 4.78 is 4.97. The summed E-state index contributed by atoms with van der Waals surface area (Å²) in [5.41, 5.74) is 1.28. The van der Waals surface area contributed by atoms with E-state index in [-0.39, 0.29) is 16.7 Å². The second-order valence-corrected chi connectivity index (χ2v) is 5.65. The summed E-state index contributed by atoms with van der Waals surface area (Å²) in [6, 6.07) is 1.86. The monoisotopic (exact) mass is 206 g/mol. The molecule has 0 amide bonds. The van der Waals surface area contributed by atoms with Crippen LogP contribution in [0.15, 0.2) is 23.0 Å². The number of furan rings is 1. The zero-order valence-corrected chi connectivity index (χ0v) is 9.83. The average molecular weight is 206 g/mol. The van der Waals surface area contributed by atoms with E-state index in [2.05, 4.69) is 27.7 Å². The normalized spacial score (nSPS) is 22.7. The van der Waals surface area contributed by atoms with Gasteiger partial charge in [-0.05, 0) is 22.5 Å². The second kappa shape index (κ2) is 2.97. The van der Waals surface area contributed by atoms with Gasteiger partial charge in [-0.25, -0.2) is 0 Å². The maximum Gasteiger partial charge on any atom is 0.141 e. The van der Waals surface area contributed by atoms with Gasteiger partial charge in [0.15, 0.2) is 0 Å². The van der Waals surface area contributed by atoms with Gasteiger partial charge in [-0.1, -0.05) is 27.7 Å². The lowest BCUT2D eigenvalue weighted by atomic mass is 10.0. The van der Waals surface area contributed by atoms with Gasteiger partial charge in [-0.2, -0.15) is 0 Å². The van der Waals surface area contributed by atoms with E-state index < -0.39 is 0 Å². The largest absolute Gasteiger partial charge is 0.472 e. The number of carbonyl (C=O) groups is 1. The van der Waals surface area contributed by atoms with Gasteiger partial charge in [0.2, 0.25) is 0 Å². The topological polar surface area (TPSA) is 30.2 Å². The van der Waals surface area contributed by atoms with Gasteiger partial charge < -0.3 is 4.42 Å². The van der Waals surface area contributed by atoms with Crippen molar-refractivity contribution in [2.45, 2.75) is 34.1 Å². The molecule has 0 atom stereocenters. The summed E-state index contributed by atoms with van der Waals surface area (Å²) in [4.78, 5) is 12.1. The Hall–Kier alpha value is -1.05. The zero-order chi connectivity index (χ0) is 11.3. The van der Waals surface area contributed by atoms with E-state index >= 15 is 0 Å². The van der Waals surface area contributed by atoms with Crippen molar-refractivity contribution < 1.29 is 9.21 Å². The molecule has 0 aliphatic heterocycles. The number of rotatable bonds is 3. The van der Waals surface area contributed by atoms with Crippen molar-refractivity contribution >= 4 is 5.78 Å². The molecule has 1 fully saturated rings. The highest BCUT2D eigenvalue weighted by Crippen LogP contribution is 2.68. The van der Waals surface area contributed by atoms with E-state index in [1.54, 1.807) is 12.5 Å². The van der Waals surface area contributed by atoms with Gasteiger partial charge in [0.25, 0.3) is 0 Å². The molecule has 0 spiro atoms. The minimum absolute atomic E-state index is 0.147. The van der Waals surface area contributed by atoms with E-state index in [9.17, 15) is 4.79 Å². The highest BCUT2D eigenvalue weighted by atomic mass is 16.3. The highest BCUT2D eigenvalue weighted by Gasteiger charge is 2.67. The van der Waals surface area contributed by atoms with Gasteiger partial charge in [0.1, 0.15) is 5.78 Å². The molecule has 0 radical (unpaired) electrons. The van der Waals surface area contributed by atoms with Crippen LogP contribution in [0, 0.1) is 16.7 Å². The van der Waals surface area contributed by atoms with Crippen LogP contribution >= 0.6 is 0 Å². The van der Waals surface area contributed by atoms with Crippen LogP contribution in [0.25, 0.3) is 0 Å². The Morgan fingerprint density at radius 3 is 2.33 bits per heavy atom. The van der Waals surface area contributed by atoms with Crippen molar-refractivity contribution in [3.05, 3.63) is 24.2 Å². The Kier molecular flexibility index (Phi) is 2.07. The number of hydrogen-bond donors (Lipinski definition) is 0. The maximum atomic E-state index is 12.1. The maximum absolute atomic E-state index is 12.1. The quantitative estimate of drug-likeness (QED) is 0.760. The molecule has 0 bridgehead atoms. The molecule has 2 heteroatoms. The van der Waals surface area contributed by atoms with Crippen molar-refractivity contribution in [3.63, 3.8) is 0 Å². The molecule has 1 saturated carbocycles. The van der Waals surface area contributed by atoms with Crippen LogP contribution in [0.3, 0.4) is 0 Å². The molecule has 1 aromatic heterocycles. The summed E-state index contributed by atoms with van der Waals surface area (Å²) >= 11 is 0. The number of hydrogen-bond acceptors (Lipinski definition) is 2. The summed E-state index contributed by atoms with van der Waals surface area (Å²) in [6.45, 7) is 8.69. The third kappa shape index (κ3) is 1.43. The Balaban J connectivity index is 2.06. The Morgan fingerprint density at radius 2 is 1.93 bits per heavy atom. The van der Waals surface area contributed by atoms with Crippen LogP contribution < -0.4 is 0 Å². The number of carbonyl (C=O) groups excluding carboxylic acids is 1. The van der Waals surface area contributed by atoms with Gasteiger partial charge in [-0.15, -0.1) is 0 Å². The van der Waals surface area contributed by atoms with Crippen molar-refractivity contribution in [1.82, 2.24) is 0 Å². The highest BCUT2D eigenvalue weighted by molar-refractivity contribution is 5.87. The van der Waals surface area contributed by atoms with Crippen molar-refractivity contribution in [1.29, 1.82) is 0 Å². The smallest absolute Gasteiger partial charge is 0.141 e. The first-order chi connectivity index (χ1) is 6.87. The van der Waals surface area contributed by atoms with Crippen molar-refractivity contribution in [2.24, 2.45) is 16.7 Å². The summed E-state index contributed by atoms with van der Waals surface area (Å²) in [5, 5.41) is 0. The van der Waals surface area contributed by atoms with E-state index in [1.807, 2.05) is 6.07 Å². The molecule has 0 aromatic carbocycles. The van der Waals surface area contributed by atoms with E-state index in [4.69, 9.17) is 4.42 Å². The van der Waals surface area contributed by atoms with Crippen LogP contribution in [0.1, 0.15) is 33.3 Å². The van der Waals surface area contributed by atoms with E-state index in [0.717, 1.165) is 5.56 Å². The Morgan fingerprint density at radius 1 is 1.33 bits per heavy atom. The van der Waals surface area contributed by atoms with Crippen molar-refractivity contribution in [3.8, 4) is 0 Å². The zero-order valence-electron chi connectivity index (χ0n) is 9.83. The summed E-state index contributed by atoms with van der Waals surface area (Å²) in [5.74, 6) is 0.534. The molecule has 0 saturated heterocycles. The first-order valence-electron chi connectivity index (χ1n) is 5.41. The Bertz CT molecular complexity index is 357. The third-order valence-corrected chi connectivity index (χ3v) is 4.30. The summed E-state index contributed by atoms with van der Waals surface area (Å²) in [7, 11) is 0. The van der Waals surface area contributed by atoms with Gasteiger partial charge in [0.05, 0.1) is 12.5 Å². The van der Waals surface area contributed by atoms with E-state index in [1.165, 1.54) is 0 Å². The molecule has 2 nitrogen and oxygen atoms in total. The lowest BCUT2D eigenvalue weighted by Crippen LogP contribution is -2.09. The van der Waals surface area contributed by atoms with Gasteiger partial charge in [0, 0.05) is 12.3 Å². The molecule has 0 N–H and O–H groups in total. The predicted molar refractivity (Wildman–Crippen MR) is 58.5 cm³/mol. The molecule has 1 aromatic rings. The fourth-order valence-corrected chi connectivity index (χ4v) is 2.70. The fourth-order valence-electron chi connectivity index (χ4n) is 2.70. The van der Waals surface area contributed by atoms with E-state index in [0.29, 0.717) is 12.2 Å². The average Bonchev–Trinajstić information content (AvgIpc) is 2.53. The standard InChI is InChI=1S/C13H18O2/c1-12(2)11(13(12,3)4)10(14)7-9-5-6-15-8-9/h5-6,8,11H,7H2,1-4H3. The molecule has 2 rings (SSSR count). The first kappa shape index (κ1) is 10.5. The van der Waals surface area contributed by atoms with Crippen LogP contribution in [0.5, 0.6) is 0 Å². The SMILES string of the molecule is CC1(C)C(C(=O)Cc2ccoc2)C1(C)C. The van der Waals surface area contributed by atoms with Crippen LogP contribution in [-0.2, 0) is 11.2 Å². The fraction of sp³-hybridized carbons (Fsp3) is 0.615. The molecule has 1 aliphatic rings. The predicted octanol–water partition coefficient (Wildman–Crippen LogP) is 3.07. The van der Waals surface area contributed by atoms with Crippen molar-refractivity contribution in [2.75, 3.05) is 0 Å². The number of ketones is 1. The molecule has 82 valence electrons. The van der Waals surface area contributed by atoms with Crippen LogP contribution in [0.4, 0.5) is 0 Å². The lowest BCUT2D eigenvalue weighted by Gasteiger charge is -2.03. The third-order valence-electron chi connectivity index (χ3n) is 4.30. The number of Topliss-reactive ketones (excluding diaryl/α,β-unsaturated/α-hetero) is 1. The molecule has 0 unspecified atom stereocenters. The minimum Gasteiger partial charge on any atom is -0.472 e. The molecular weight excluding hydrogens is 188 g/mol. The second-order valence-electron chi connectivity index (χ2n) is 5.65. The van der Waals surface area contributed by atoms with Gasteiger partial charge in [-0.3, -0.25) is 4.79 Å².